The lowest BCUT2D eigenvalue weighted by atomic mass is 10.1. The normalized spacial score (nSPS) is 9.33. The van der Waals surface area contributed by atoms with Crippen molar-refractivity contribution in [2.75, 3.05) is 0 Å². The van der Waals surface area contributed by atoms with Gasteiger partial charge in [-0.3, -0.25) is 4.98 Å². The molecule has 1 N–H and O–H groups in total. The van der Waals surface area contributed by atoms with E-state index in [4.69, 9.17) is 5.11 Å². The molecule has 0 aliphatic heterocycles. The van der Waals surface area contributed by atoms with Gasteiger partial charge in [-0.2, -0.15) is 0 Å². The van der Waals surface area contributed by atoms with Crippen molar-refractivity contribution >= 4 is 5.97 Å². The minimum absolute atomic E-state index is 0.0810. The van der Waals surface area contributed by atoms with Crippen molar-refractivity contribution in [3.05, 3.63) is 84.8 Å². The van der Waals surface area contributed by atoms with Crippen LogP contribution in [0.25, 0.3) is 11.3 Å². The molecule has 0 bridgehead atoms. The summed E-state index contributed by atoms with van der Waals surface area (Å²) in [5, 5.41) is 8.32. The highest BCUT2D eigenvalue weighted by atomic mass is 16.4. The molecule has 0 saturated carbocycles. The molecule has 21 heavy (non-hydrogen) atoms. The fourth-order valence-electron chi connectivity index (χ4n) is 1.63. The Hall–Kier alpha value is -3.01. The van der Waals surface area contributed by atoms with Gasteiger partial charge in [0, 0.05) is 18.0 Å². The first-order valence-electron chi connectivity index (χ1n) is 6.38. The molecule has 3 rings (SSSR count). The van der Waals surface area contributed by atoms with E-state index >= 15 is 0 Å². The van der Waals surface area contributed by atoms with Crippen molar-refractivity contribution in [2.45, 2.75) is 0 Å². The lowest BCUT2D eigenvalue weighted by Crippen LogP contribution is -1.97. The summed E-state index contributed by atoms with van der Waals surface area (Å²) in [4.78, 5) is 18.0. The highest BCUT2D eigenvalue weighted by Gasteiger charge is 1.98. The number of pyridine rings is 2. The van der Waals surface area contributed by atoms with Crippen LogP contribution in [0.4, 0.5) is 0 Å². The quantitative estimate of drug-likeness (QED) is 0.779. The van der Waals surface area contributed by atoms with Gasteiger partial charge in [0.05, 0.1) is 5.69 Å². The largest absolute Gasteiger partial charge is 0.477 e. The van der Waals surface area contributed by atoms with Crippen LogP contribution in [0.5, 0.6) is 0 Å². The van der Waals surface area contributed by atoms with Crippen LogP contribution in [0, 0.1) is 0 Å². The third-order valence-electron chi connectivity index (χ3n) is 2.62. The van der Waals surface area contributed by atoms with Gasteiger partial charge in [0.15, 0.2) is 0 Å². The average molecular weight is 278 g/mol. The first-order chi connectivity index (χ1) is 10.3. The van der Waals surface area contributed by atoms with Gasteiger partial charge < -0.3 is 5.11 Å². The van der Waals surface area contributed by atoms with Crippen molar-refractivity contribution in [3.63, 3.8) is 0 Å². The van der Waals surface area contributed by atoms with E-state index in [1.807, 2.05) is 42.6 Å². The molecule has 0 atom stereocenters. The van der Waals surface area contributed by atoms with Gasteiger partial charge in [-0.05, 0) is 24.3 Å². The van der Waals surface area contributed by atoms with Crippen molar-refractivity contribution in [1.82, 2.24) is 9.97 Å². The second kappa shape index (κ2) is 7.55. The van der Waals surface area contributed by atoms with Gasteiger partial charge in [-0.25, -0.2) is 9.78 Å². The number of carbonyl (C=O) groups is 1. The molecule has 0 saturated heterocycles. The van der Waals surface area contributed by atoms with Gasteiger partial charge in [0.25, 0.3) is 0 Å². The highest BCUT2D eigenvalue weighted by Crippen LogP contribution is 2.14. The predicted octanol–water partition coefficient (Wildman–Crippen LogP) is 3.53. The smallest absolute Gasteiger partial charge is 0.354 e. The molecule has 1 aromatic carbocycles. The van der Waals surface area contributed by atoms with Crippen molar-refractivity contribution < 1.29 is 9.90 Å². The second-order valence-electron chi connectivity index (χ2n) is 4.10. The summed E-state index contributed by atoms with van der Waals surface area (Å²) in [5.74, 6) is -0.990. The Kier molecular flexibility index (Phi) is 5.18. The van der Waals surface area contributed by atoms with Crippen LogP contribution < -0.4 is 0 Å². The lowest BCUT2D eigenvalue weighted by molar-refractivity contribution is 0.0690. The third kappa shape index (κ3) is 4.54. The van der Waals surface area contributed by atoms with Gasteiger partial charge >= 0.3 is 5.97 Å². The maximum Gasteiger partial charge on any atom is 0.354 e. The number of benzene rings is 1. The van der Waals surface area contributed by atoms with E-state index < -0.39 is 5.97 Å². The minimum Gasteiger partial charge on any atom is -0.477 e. The van der Waals surface area contributed by atoms with Crippen LogP contribution in [0.15, 0.2) is 79.1 Å². The molecule has 3 aromatic rings. The van der Waals surface area contributed by atoms with Gasteiger partial charge in [-0.1, -0.05) is 42.5 Å². The molecule has 104 valence electrons. The van der Waals surface area contributed by atoms with Gasteiger partial charge in [0.1, 0.15) is 5.69 Å². The maximum atomic E-state index is 10.1. The molecule has 4 heteroatoms. The molecule has 0 amide bonds. The summed E-state index contributed by atoms with van der Waals surface area (Å²) in [6.07, 6.45) is 3.26. The van der Waals surface area contributed by atoms with Crippen LogP contribution in [0.1, 0.15) is 10.5 Å². The molecule has 0 aliphatic carbocycles. The fourth-order valence-corrected chi connectivity index (χ4v) is 1.63. The lowest BCUT2D eigenvalue weighted by Gasteiger charge is -1.97. The number of aromatic nitrogens is 2. The first kappa shape index (κ1) is 14.4. The zero-order valence-electron chi connectivity index (χ0n) is 11.3. The first-order valence-corrected chi connectivity index (χ1v) is 6.38. The van der Waals surface area contributed by atoms with Crippen molar-refractivity contribution in [1.29, 1.82) is 0 Å². The number of hydrogen-bond acceptors (Lipinski definition) is 3. The molecule has 0 spiro atoms. The number of nitrogens with zero attached hydrogens (tertiary/aromatic N) is 2. The summed E-state index contributed by atoms with van der Waals surface area (Å²) in [6, 6.07) is 20.8. The molecular formula is C17H14N2O2. The van der Waals surface area contributed by atoms with E-state index in [0.29, 0.717) is 0 Å². The fraction of sp³-hybridized carbons (Fsp3) is 0. The van der Waals surface area contributed by atoms with Crippen LogP contribution in [-0.4, -0.2) is 21.0 Å². The molecule has 2 aromatic heterocycles. The Balaban J connectivity index is 0.000000161. The number of rotatable bonds is 2. The molecule has 0 unspecified atom stereocenters. The standard InChI is InChI=1S/C11H9N.C6H5NO2/c1-2-6-10(7-3-1)11-8-4-5-9-12-11;8-6(9)5-3-1-2-4-7-5/h1-9H;1-4H,(H,8,9). The topological polar surface area (TPSA) is 63.1 Å². The molecule has 2 heterocycles. The zero-order valence-corrected chi connectivity index (χ0v) is 11.3. The summed E-state index contributed by atoms with van der Waals surface area (Å²) >= 11 is 0. The SMILES string of the molecule is O=C(O)c1ccccn1.c1ccc(-c2ccccn2)cc1. The maximum absolute atomic E-state index is 10.1. The van der Waals surface area contributed by atoms with Gasteiger partial charge in [-0.15, -0.1) is 0 Å². The van der Waals surface area contributed by atoms with E-state index in [1.165, 1.54) is 12.3 Å². The molecule has 0 radical (unpaired) electrons. The Bertz CT molecular complexity index is 633. The van der Waals surface area contributed by atoms with Crippen LogP contribution in [0.2, 0.25) is 0 Å². The van der Waals surface area contributed by atoms with Crippen LogP contribution in [-0.2, 0) is 0 Å². The molecule has 0 fully saturated rings. The number of carboxylic acid groups (broad SMARTS) is 1. The van der Waals surface area contributed by atoms with E-state index in [2.05, 4.69) is 22.1 Å². The number of hydrogen-bond donors (Lipinski definition) is 1. The Labute approximate surface area is 122 Å². The second-order valence-corrected chi connectivity index (χ2v) is 4.10. The van der Waals surface area contributed by atoms with Gasteiger partial charge in [0.2, 0.25) is 0 Å². The van der Waals surface area contributed by atoms with E-state index in [-0.39, 0.29) is 5.69 Å². The summed E-state index contributed by atoms with van der Waals surface area (Å²) in [5.41, 5.74) is 2.27. The van der Waals surface area contributed by atoms with Crippen LogP contribution in [0.3, 0.4) is 0 Å². The van der Waals surface area contributed by atoms with E-state index in [1.54, 1.807) is 12.1 Å². The Morgan fingerprint density at radius 2 is 1.38 bits per heavy atom. The molecule has 0 aliphatic rings. The van der Waals surface area contributed by atoms with Crippen molar-refractivity contribution in [2.24, 2.45) is 0 Å². The third-order valence-corrected chi connectivity index (χ3v) is 2.62. The number of carboxylic acids is 1. The van der Waals surface area contributed by atoms with E-state index in [9.17, 15) is 4.79 Å². The summed E-state index contributed by atoms with van der Waals surface area (Å²) in [7, 11) is 0. The van der Waals surface area contributed by atoms with Crippen LogP contribution >= 0.6 is 0 Å². The minimum atomic E-state index is -0.990. The summed E-state index contributed by atoms with van der Waals surface area (Å²) in [6.45, 7) is 0. The van der Waals surface area contributed by atoms with Crippen molar-refractivity contribution in [3.8, 4) is 11.3 Å². The highest BCUT2D eigenvalue weighted by molar-refractivity contribution is 5.85. The summed E-state index contributed by atoms with van der Waals surface area (Å²) < 4.78 is 0. The van der Waals surface area contributed by atoms with E-state index in [0.717, 1.165) is 11.3 Å². The monoisotopic (exact) mass is 278 g/mol. The number of aromatic carboxylic acids is 1. The zero-order chi connectivity index (χ0) is 14.9. The predicted molar refractivity (Wildman–Crippen MR) is 80.9 cm³/mol. The Morgan fingerprint density at radius 1 is 0.762 bits per heavy atom. The molecule has 4 nitrogen and oxygen atoms in total. The average Bonchev–Trinajstić information content (AvgIpc) is 2.58. The Morgan fingerprint density at radius 3 is 1.86 bits per heavy atom. The molecular weight excluding hydrogens is 264 g/mol.